The maximum Gasteiger partial charge on any atom is 0.0623 e. The third-order valence-electron chi connectivity index (χ3n) is 4.11. The number of hydrogen-bond acceptors (Lipinski definition) is 1. The molecule has 1 nitrogen and oxygen atoms in total. The molecule has 0 fully saturated rings. The Hall–Kier alpha value is -2.54. The van der Waals surface area contributed by atoms with Gasteiger partial charge in [-0.1, -0.05) is 54.6 Å². The fraction of sp³-hybridized carbons (Fsp3) is 0. The lowest BCUT2D eigenvalue weighted by Crippen LogP contribution is -1.88. The molecule has 0 aliphatic carbocycles. The Morgan fingerprint density at radius 3 is 2.00 bits per heavy atom. The highest BCUT2D eigenvalue weighted by atomic mass is 15.0. The molecule has 19 heavy (non-hydrogen) atoms. The number of nitrogens with one attached hydrogen (secondary N) is 1. The summed E-state index contributed by atoms with van der Waals surface area (Å²) in [6, 6.07) is 19.9. The lowest BCUT2D eigenvalue weighted by atomic mass is 9.92. The Morgan fingerprint density at radius 2 is 1.26 bits per heavy atom. The second-order valence-corrected chi connectivity index (χ2v) is 5.17. The molecule has 1 N–H and O–H groups in total. The first-order valence-electron chi connectivity index (χ1n) is 6.55. The lowest BCUT2D eigenvalue weighted by molar-refractivity contribution is 1.45. The molecule has 1 heteroatoms. The molecule has 88 valence electrons. The topological polar surface area (TPSA) is 21.9 Å². The molecule has 4 aromatic rings. The van der Waals surface area contributed by atoms with Gasteiger partial charge in [0.25, 0.3) is 0 Å². The van der Waals surface area contributed by atoms with Crippen LogP contribution in [0.3, 0.4) is 0 Å². The minimum atomic E-state index is 1.25. The van der Waals surface area contributed by atoms with Gasteiger partial charge < -0.3 is 5.32 Å². The van der Waals surface area contributed by atoms with E-state index in [2.05, 4.69) is 66.1 Å². The van der Waals surface area contributed by atoms with Gasteiger partial charge in [0.1, 0.15) is 0 Å². The summed E-state index contributed by atoms with van der Waals surface area (Å²) in [6.07, 6.45) is 2.06. The van der Waals surface area contributed by atoms with E-state index in [1.807, 2.05) is 0 Å². The van der Waals surface area contributed by atoms with Crippen molar-refractivity contribution in [2.24, 2.45) is 0 Å². The second kappa shape index (κ2) is 3.07. The van der Waals surface area contributed by atoms with Gasteiger partial charge in [0.15, 0.2) is 0 Å². The third kappa shape index (κ3) is 1.14. The first-order valence-corrected chi connectivity index (χ1v) is 6.55. The van der Waals surface area contributed by atoms with Crippen LogP contribution in [-0.4, -0.2) is 0 Å². The Bertz CT molecular complexity index is 963. The van der Waals surface area contributed by atoms with Crippen molar-refractivity contribution in [3.8, 4) is 0 Å². The molecule has 5 rings (SSSR count). The van der Waals surface area contributed by atoms with E-state index in [0.717, 1.165) is 0 Å². The summed E-state index contributed by atoms with van der Waals surface area (Å²) in [5, 5.41) is 11.3. The van der Waals surface area contributed by atoms with Crippen LogP contribution in [0.2, 0.25) is 0 Å². The van der Waals surface area contributed by atoms with Crippen molar-refractivity contribution in [3.63, 3.8) is 0 Å². The third-order valence-corrected chi connectivity index (χ3v) is 4.11. The van der Waals surface area contributed by atoms with E-state index in [9.17, 15) is 0 Å². The Morgan fingerprint density at radius 1 is 0.632 bits per heavy atom. The average molecular weight is 241 g/mol. The van der Waals surface area contributed by atoms with Crippen LogP contribution in [0.15, 0.2) is 60.8 Å². The van der Waals surface area contributed by atoms with Crippen molar-refractivity contribution in [3.05, 3.63) is 66.4 Å². The van der Waals surface area contributed by atoms with Crippen LogP contribution < -0.4 is 5.32 Å². The average Bonchev–Trinajstić information content (AvgIpc) is 3.29. The normalized spacial score (nSPS) is 14.0. The van der Waals surface area contributed by atoms with Crippen LogP contribution in [0, 0.1) is 0 Å². The molecular weight excluding hydrogens is 230 g/mol. The van der Waals surface area contributed by atoms with E-state index in [0.29, 0.717) is 0 Å². The van der Waals surface area contributed by atoms with Crippen molar-refractivity contribution in [1.29, 1.82) is 0 Å². The fourth-order valence-electron chi connectivity index (χ4n) is 3.16. The highest BCUT2D eigenvalue weighted by Gasteiger charge is 2.16. The van der Waals surface area contributed by atoms with Gasteiger partial charge in [-0.05, 0) is 32.3 Å². The summed E-state index contributed by atoms with van der Waals surface area (Å²) in [7, 11) is 0. The van der Waals surface area contributed by atoms with Crippen molar-refractivity contribution in [1.82, 2.24) is 5.32 Å². The highest BCUT2D eigenvalue weighted by molar-refractivity contribution is 6.24. The fourth-order valence-corrected chi connectivity index (χ4v) is 3.16. The Balaban J connectivity index is 2.14. The predicted octanol–water partition coefficient (Wildman–Crippen LogP) is 4.49. The summed E-state index contributed by atoms with van der Waals surface area (Å²) >= 11 is 0. The minimum absolute atomic E-state index is 1.25. The smallest absolute Gasteiger partial charge is 0.0623 e. The predicted molar refractivity (Wildman–Crippen MR) is 81.3 cm³/mol. The molecule has 0 unspecified atom stereocenters. The molecular formula is C18H11N. The number of rotatable bonds is 1. The minimum Gasteiger partial charge on any atom is -0.358 e. The Labute approximate surface area is 110 Å². The van der Waals surface area contributed by atoms with Crippen molar-refractivity contribution in [2.45, 2.75) is 0 Å². The van der Waals surface area contributed by atoms with E-state index in [1.165, 1.54) is 43.6 Å². The maximum atomic E-state index is 3.22. The molecule has 0 atom stereocenters. The van der Waals surface area contributed by atoms with Crippen molar-refractivity contribution < 1.29 is 0 Å². The quantitative estimate of drug-likeness (QED) is 0.487. The van der Waals surface area contributed by atoms with E-state index in [4.69, 9.17) is 0 Å². The Kier molecular flexibility index (Phi) is 1.52. The summed E-state index contributed by atoms with van der Waals surface area (Å²) in [5.74, 6) is 0. The zero-order chi connectivity index (χ0) is 12.4. The van der Waals surface area contributed by atoms with E-state index < -0.39 is 0 Å². The molecule has 1 aliphatic rings. The van der Waals surface area contributed by atoms with Crippen LogP contribution in [0.4, 0.5) is 0 Å². The van der Waals surface area contributed by atoms with Gasteiger partial charge in [-0.25, -0.2) is 0 Å². The molecule has 0 saturated heterocycles. The molecule has 1 heterocycles. The first kappa shape index (κ1) is 9.40. The number of hydrogen-bond donors (Lipinski definition) is 1. The van der Waals surface area contributed by atoms with Gasteiger partial charge in [-0.3, -0.25) is 0 Å². The summed E-state index contributed by atoms with van der Waals surface area (Å²) < 4.78 is 0. The second-order valence-electron chi connectivity index (χ2n) is 5.17. The monoisotopic (exact) mass is 241 g/mol. The van der Waals surface area contributed by atoms with Crippen LogP contribution in [0.5, 0.6) is 0 Å². The summed E-state index contributed by atoms with van der Waals surface area (Å²) in [6.45, 7) is 0. The van der Waals surface area contributed by atoms with Crippen molar-refractivity contribution >= 4 is 38.0 Å². The molecule has 0 aromatic heterocycles. The van der Waals surface area contributed by atoms with E-state index >= 15 is 0 Å². The van der Waals surface area contributed by atoms with Gasteiger partial charge in [0, 0.05) is 11.8 Å². The van der Waals surface area contributed by atoms with Gasteiger partial charge in [-0.15, -0.1) is 0 Å². The zero-order valence-corrected chi connectivity index (χ0v) is 10.3. The van der Waals surface area contributed by atoms with Crippen LogP contribution in [0.25, 0.3) is 38.0 Å². The largest absolute Gasteiger partial charge is 0.358 e. The number of benzene rings is 4. The van der Waals surface area contributed by atoms with Gasteiger partial charge in [0.05, 0.1) is 5.70 Å². The SMILES string of the molecule is C1=C(c2ccc3ccc4cccc5ccc2c3c45)N1. The molecule has 0 spiro atoms. The lowest BCUT2D eigenvalue weighted by Gasteiger charge is -2.12. The van der Waals surface area contributed by atoms with Gasteiger partial charge in [0.2, 0.25) is 0 Å². The molecule has 0 radical (unpaired) electrons. The maximum absolute atomic E-state index is 3.22. The summed E-state index contributed by atoms with van der Waals surface area (Å²) in [5.41, 5.74) is 2.56. The van der Waals surface area contributed by atoms with E-state index in [1.54, 1.807) is 0 Å². The van der Waals surface area contributed by atoms with Crippen LogP contribution >= 0.6 is 0 Å². The standard InChI is InChI=1S/C18H11N/c1-2-11-4-5-13-6-8-14(16-10-19-16)15-9-7-12(3-1)17(11)18(13)15/h1-10,19H. The molecule has 0 amide bonds. The van der Waals surface area contributed by atoms with Gasteiger partial charge >= 0.3 is 0 Å². The first-order chi connectivity index (χ1) is 9.42. The van der Waals surface area contributed by atoms with Gasteiger partial charge in [-0.2, -0.15) is 0 Å². The molecule has 1 aliphatic heterocycles. The van der Waals surface area contributed by atoms with E-state index in [-0.39, 0.29) is 0 Å². The highest BCUT2D eigenvalue weighted by Crippen LogP contribution is 2.38. The summed E-state index contributed by atoms with van der Waals surface area (Å²) in [4.78, 5) is 0. The van der Waals surface area contributed by atoms with Crippen LogP contribution in [-0.2, 0) is 0 Å². The van der Waals surface area contributed by atoms with Crippen LogP contribution in [0.1, 0.15) is 5.56 Å². The molecule has 0 saturated carbocycles. The zero-order valence-electron chi connectivity index (χ0n) is 10.3. The van der Waals surface area contributed by atoms with Crippen molar-refractivity contribution in [2.75, 3.05) is 0 Å². The molecule has 4 aromatic carbocycles. The molecule has 0 bridgehead atoms.